The van der Waals surface area contributed by atoms with E-state index in [9.17, 15) is 4.79 Å². The smallest absolute Gasteiger partial charge is 0.331 e. The minimum absolute atomic E-state index is 0.220. The lowest BCUT2D eigenvalue weighted by atomic mass is 10.0. The summed E-state index contributed by atoms with van der Waals surface area (Å²) in [5, 5.41) is 7.58. The first kappa shape index (κ1) is 16.8. The fraction of sp³-hybridized carbons (Fsp3) is 0.375. The van der Waals surface area contributed by atoms with E-state index in [1.165, 1.54) is 4.90 Å². The topological polar surface area (TPSA) is 73.4 Å². The maximum Gasteiger partial charge on any atom is 0.331 e. The minimum atomic E-state index is -0.297. The number of para-hydroxylation sites is 1. The predicted molar refractivity (Wildman–Crippen MR) is 87.8 cm³/mol. The van der Waals surface area contributed by atoms with Crippen molar-refractivity contribution in [1.29, 1.82) is 5.41 Å². The molecule has 0 spiro atoms. The molecule has 0 radical (unpaired) electrons. The van der Waals surface area contributed by atoms with Crippen LogP contribution in [-0.4, -0.2) is 30.0 Å². The summed E-state index contributed by atoms with van der Waals surface area (Å²) in [4.78, 5) is 15.6. The molecular weight excluding hydrogens is 264 g/mol. The number of carbonyl (C=O) groups excluding carboxylic acids is 1. The van der Waals surface area contributed by atoms with E-state index in [0.717, 1.165) is 23.2 Å². The SMILES string of the molecule is C=CCN(C(=N)N)C(=O)N(CC)c1c(C)cccc1CC. The monoisotopic (exact) mass is 288 g/mol. The first-order chi connectivity index (χ1) is 9.97. The number of anilines is 1. The summed E-state index contributed by atoms with van der Waals surface area (Å²) < 4.78 is 0. The van der Waals surface area contributed by atoms with E-state index in [0.29, 0.717) is 6.54 Å². The first-order valence-corrected chi connectivity index (χ1v) is 7.10. The van der Waals surface area contributed by atoms with Crippen LogP contribution in [0.5, 0.6) is 0 Å². The zero-order valence-electron chi connectivity index (χ0n) is 13.0. The fourth-order valence-electron chi connectivity index (χ4n) is 2.33. The fourth-order valence-corrected chi connectivity index (χ4v) is 2.33. The Bertz CT molecular complexity index is 539. The molecule has 0 atom stereocenters. The molecular formula is C16H24N4O. The highest BCUT2D eigenvalue weighted by Gasteiger charge is 2.24. The van der Waals surface area contributed by atoms with E-state index in [1.807, 2.05) is 32.0 Å². The predicted octanol–water partition coefficient (Wildman–Crippen LogP) is 2.89. The average molecular weight is 288 g/mol. The van der Waals surface area contributed by atoms with Gasteiger partial charge in [0, 0.05) is 13.1 Å². The van der Waals surface area contributed by atoms with E-state index in [1.54, 1.807) is 11.0 Å². The van der Waals surface area contributed by atoms with Gasteiger partial charge in [-0.25, -0.2) is 4.79 Å². The number of aryl methyl sites for hydroxylation is 2. The number of benzene rings is 1. The Hall–Kier alpha value is -2.30. The lowest BCUT2D eigenvalue weighted by Gasteiger charge is -2.30. The number of nitrogens with zero attached hydrogens (tertiary/aromatic N) is 2. The van der Waals surface area contributed by atoms with Gasteiger partial charge in [0.1, 0.15) is 0 Å². The van der Waals surface area contributed by atoms with E-state index < -0.39 is 0 Å². The molecule has 1 aromatic rings. The molecule has 1 aromatic carbocycles. The summed E-state index contributed by atoms with van der Waals surface area (Å²) in [6.45, 7) is 10.3. The van der Waals surface area contributed by atoms with Crippen molar-refractivity contribution < 1.29 is 4.79 Å². The van der Waals surface area contributed by atoms with Gasteiger partial charge in [-0.15, -0.1) is 6.58 Å². The average Bonchev–Trinajstić information content (AvgIpc) is 2.46. The van der Waals surface area contributed by atoms with Crippen LogP contribution in [0.4, 0.5) is 10.5 Å². The van der Waals surface area contributed by atoms with Crippen LogP contribution in [0.1, 0.15) is 25.0 Å². The van der Waals surface area contributed by atoms with Gasteiger partial charge in [0.25, 0.3) is 0 Å². The summed E-state index contributed by atoms with van der Waals surface area (Å²) in [6.07, 6.45) is 2.40. The van der Waals surface area contributed by atoms with Crippen LogP contribution >= 0.6 is 0 Å². The Labute approximate surface area is 126 Å². The zero-order chi connectivity index (χ0) is 16.0. The minimum Gasteiger partial charge on any atom is -0.370 e. The van der Waals surface area contributed by atoms with Gasteiger partial charge in [0.05, 0.1) is 5.69 Å². The summed E-state index contributed by atoms with van der Waals surface area (Å²) in [5.41, 5.74) is 8.56. The van der Waals surface area contributed by atoms with Crippen LogP contribution in [0.2, 0.25) is 0 Å². The van der Waals surface area contributed by atoms with Gasteiger partial charge in [-0.1, -0.05) is 31.2 Å². The second kappa shape index (κ2) is 7.47. The van der Waals surface area contributed by atoms with Gasteiger partial charge in [-0.05, 0) is 31.4 Å². The van der Waals surface area contributed by atoms with Crippen LogP contribution in [0, 0.1) is 12.3 Å². The standard InChI is InChI=1S/C16H24N4O/c1-5-11-20(15(17)18)16(21)19(7-3)14-12(4)9-8-10-13(14)6-2/h5,8-10H,1,6-7,11H2,2-4H3,(H3,17,18). The molecule has 2 amide bonds. The lowest BCUT2D eigenvalue weighted by molar-refractivity contribution is 0.229. The van der Waals surface area contributed by atoms with Gasteiger partial charge in [0.15, 0.2) is 5.96 Å². The summed E-state index contributed by atoms with van der Waals surface area (Å²) in [6, 6.07) is 5.69. The molecule has 0 bridgehead atoms. The first-order valence-electron chi connectivity index (χ1n) is 7.10. The number of rotatable bonds is 5. The van der Waals surface area contributed by atoms with Crippen molar-refractivity contribution in [3.8, 4) is 0 Å². The third-order valence-corrected chi connectivity index (χ3v) is 3.35. The highest BCUT2D eigenvalue weighted by atomic mass is 16.2. The molecule has 0 fully saturated rings. The van der Waals surface area contributed by atoms with Crippen LogP contribution in [0.25, 0.3) is 0 Å². The van der Waals surface area contributed by atoms with Crippen molar-refractivity contribution >= 4 is 17.7 Å². The Kier molecular flexibility index (Phi) is 5.96. The molecule has 0 aromatic heterocycles. The normalized spacial score (nSPS) is 10.0. The number of nitrogens with one attached hydrogen (secondary N) is 1. The van der Waals surface area contributed by atoms with E-state index >= 15 is 0 Å². The second-order valence-corrected chi connectivity index (χ2v) is 4.75. The van der Waals surface area contributed by atoms with Crippen LogP contribution in [0.3, 0.4) is 0 Å². The van der Waals surface area contributed by atoms with Crippen LogP contribution in [0.15, 0.2) is 30.9 Å². The van der Waals surface area contributed by atoms with Gasteiger partial charge >= 0.3 is 6.03 Å². The lowest BCUT2D eigenvalue weighted by Crippen LogP contribution is -2.49. The zero-order valence-corrected chi connectivity index (χ0v) is 13.0. The Morgan fingerprint density at radius 3 is 2.57 bits per heavy atom. The van der Waals surface area contributed by atoms with Crippen LogP contribution in [-0.2, 0) is 6.42 Å². The highest BCUT2D eigenvalue weighted by molar-refractivity contribution is 6.03. The number of nitrogens with two attached hydrogens (primary N) is 1. The molecule has 0 aliphatic heterocycles. The van der Waals surface area contributed by atoms with Gasteiger partial charge in [-0.2, -0.15) is 0 Å². The molecule has 0 saturated heterocycles. The second-order valence-electron chi connectivity index (χ2n) is 4.75. The van der Waals surface area contributed by atoms with E-state index in [2.05, 4.69) is 13.5 Å². The molecule has 0 saturated carbocycles. The molecule has 1 rings (SSSR count). The molecule has 0 aliphatic rings. The molecule has 5 heteroatoms. The van der Waals surface area contributed by atoms with Gasteiger partial charge in [-0.3, -0.25) is 15.2 Å². The third kappa shape index (κ3) is 3.62. The Balaban J connectivity index is 3.27. The Morgan fingerprint density at radius 1 is 1.43 bits per heavy atom. The van der Waals surface area contributed by atoms with Gasteiger partial charge < -0.3 is 5.73 Å². The van der Waals surface area contributed by atoms with Crippen molar-refractivity contribution in [3.05, 3.63) is 42.0 Å². The van der Waals surface area contributed by atoms with Gasteiger partial charge in [0.2, 0.25) is 0 Å². The number of amides is 2. The van der Waals surface area contributed by atoms with Crippen molar-refractivity contribution in [1.82, 2.24) is 4.90 Å². The summed E-state index contributed by atoms with van der Waals surface area (Å²) >= 11 is 0. The van der Waals surface area contributed by atoms with Crippen molar-refractivity contribution in [2.45, 2.75) is 27.2 Å². The maximum atomic E-state index is 12.7. The number of guanidine groups is 1. The number of hydrogen-bond donors (Lipinski definition) is 2. The largest absolute Gasteiger partial charge is 0.370 e. The maximum absolute atomic E-state index is 12.7. The molecule has 0 unspecified atom stereocenters. The Morgan fingerprint density at radius 2 is 2.10 bits per heavy atom. The van der Waals surface area contributed by atoms with Crippen molar-refractivity contribution in [2.75, 3.05) is 18.0 Å². The van der Waals surface area contributed by atoms with Crippen LogP contribution < -0.4 is 10.6 Å². The van der Waals surface area contributed by atoms with E-state index in [-0.39, 0.29) is 18.5 Å². The molecule has 5 nitrogen and oxygen atoms in total. The summed E-state index contributed by atoms with van der Waals surface area (Å²) in [7, 11) is 0. The summed E-state index contributed by atoms with van der Waals surface area (Å²) in [5.74, 6) is -0.273. The van der Waals surface area contributed by atoms with Crippen molar-refractivity contribution in [3.63, 3.8) is 0 Å². The number of urea groups is 1. The quantitative estimate of drug-likeness (QED) is 0.496. The highest BCUT2D eigenvalue weighted by Crippen LogP contribution is 2.26. The molecule has 114 valence electrons. The number of carbonyl (C=O) groups is 1. The van der Waals surface area contributed by atoms with E-state index in [4.69, 9.17) is 11.1 Å². The molecule has 0 heterocycles. The molecule has 3 N–H and O–H groups in total. The molecule has 21 heavy (non-hydrogen) atoms. The third-order valence-electron chi connectivity index (χ3n) is 3.35. The number of hydrogen-bond acceptors (Lipinski definition) is 2. The molecule has 0 aliphatic carbocycles. The van der Waals surface area contributed by atoms with Crippen molar-refractivity contribution in [2.24, 2.45) is 5.73 Å².